The van der Waals surface area contributed by atoms with Gasteiger partial charge < -0.3 is 14.2 Å². The maximum atomic E-state index is 12.5. The van der Waals surface area contributed by atoms with Gasteiger partial charge in [0.2, 0.25) is 0 Å². The third kappa shape index (κ3) is 4.40. The number of carbonyl (C=O) groups excluding carboxylic acids is 1. The van der Waals surface area contributed by atoms with Crippen LogP contribution in [0.2, 0.25) is 0 Å². The number of amidine groups is 1. The number of aryl methyl sites for hydroxylation is 1. The van der Waals surface area contributed by atoms with Crippen LogP contribution in [0, 0.1) is 6.92 Å². The van der Waals surface area contributed by atoms with Gasteiger partial charge in [-0.1, -0.05) is 46.3 Å². The predicted molar refractivity (Wildman–Crippen MR) is 135 cm³/mol. The van der Waals surface area contributed by atoms with Crippen LogP contribution in [-0.2, 0) is 4.79 Å². The largest absolute Gasteiger partial charge is 0.457 e. The second-order valence-electron chi connectivity index (χ2n) is 7.78. The van der Waals surface area contributed by atoms with Gasteiger partial charge in [0.1, 0.15) is 11.5 Å². The third-order valence-corrected chi connectivity index (χ3v) is 7.22. The van der Waals surface area contributed by atoms with E-state index in [2.05, 4.69) is 61.9 Å². The zero-order valence-electron chi connectivity index (χ0n) is 17.6. The van der Waals surface area contributed by atoms with Crippen LogP contribution in [0.3, 0.4) is 0 Å². The highest BCUT2D eigenvalue weighted by Gasteiger charge is 2.29. The molecule has 0 aliphatic carbocycles. The number of anilines is 1. The number of piperazine rings is 1. The first-order valence-electron chi connectivity index (χ1n) is 10.5. The number of hydrogen-bond donors (Lipinski definition) is 0. The molecule has 32 heavy (non-hydrogen) atoms. The molecule has 162 valence electrons. The zero-order chi connectivity index (χ0) is 22.1. The van der Waals surface area contributed by atoms with Crippen LogP contribution < -0.4 is 4.90 Å². The summed E-state index contributed by atoms with van der Waals surface area (Å²) in [5.74, 6) is 1.22. The van der Waals surface area contributed by atoms with E-state index in [-0.39, 0.29) is 5.91 Å². The molecule has 5 rings (SSSR count). The molecule has 0 N–H and O–H groups in total. The summed E-state index contributed by atoms with van der Waals surface area (Å²) in [6.45, 7) is 5.65. The fourth-order valence-electron chi connectivity index (χ4n) is 3.92. The van der Waals surface area contributed by atoms with Gasteiger partial charge in [-0.3, -0.25) is 4.79 Å². The summed E-state index contributed by atoms with van der Waals surface area (Å²) in [6.07, 6.45) is 1.79. The summed E-state index contributed by atoms with van der Waals surface area (Å²) in [5.41, 5.74) is 3.56. The smallest absolute Gasteiger partial charge is 0.286 e. The van der Waals surface area contributed by atoms with Crippen LogP contribution in [0.15, 0.2) is 79.5 Å². The average Bonchev–Trinajstić information content (AvgIpc) is 3.42. The molecular weight excluding hydrogens is 486 g/mol. The van der Waals surface area contributed by atoms with E-state index in [1.807, 2.05) is 36.4 Å². The number of amides is 1. The fourth-order valence-corrected chi connectivity index (χ4v) is 5.13. The number of nitrogens with zero attached hydrogens (tertiary/aromatic N) is 3. The molecule has 1 fully saturated rings. The van der Waals surface area contributed by atoms with E-state index < -0.39 is 0 Å². The van der Waals surface area contributed by atoms with Gasteiger partial charge >= 0.3 is 0 Å². The molecule has 0 unspecified atom stereocenters. The number of halogens is 1. The van der Waals surface area contributed by atoms with Crippen LogP contribution in [0.1, 0.15) is 11.3 Å². The minimum absolute atomic E-state index is 0.201. The van der Waals surface area contributed by atoms with E-state index in [0.29, 0.717) is 10.7 Å². The number of hydrogen-bond acceptors (Lipinski definition) is 5. The Morgan fingerprint density at radius 1 is 0.969 bits per heavy atom. The molecule has 2 aromatic carbocycles. The van der Waals surface area contributed by atoms with Crippen molar-refractivity contribution in [2.45, 2.75) is 6.92 Å². The van der Waals surface area contributed by atoms with E-state index in [1.165, 1.54) is 23.0 Å². The van der Waals surface area contributed by atoms with Gasteiger partial charge in [0.15, 0.2) is 5.17 Å². The quantitative estimate of drug-likeness (QED) is 0.418. The monoisotopic (exact) mass is 507 g/mol. The molecule has 0 bridgehead atoms. The lowest BCUT2D eigenvalue weighted by Gasteiger charge is -2.37. The molecule has 7 heteroatoms. The van der Waals surface area contributed by atoms with Crippen molar-refractivity contribution in [2.75, 3.05) is 31.1 Å². The SMILES string of the molecule is Cc1ccccc1N1CCN(C2=NC(=O)C(=Cc3ccc(-c4ccc(Br)cc4)o3)S2)CC1. The van der Waals surface area contributed by atoms with Gasteiger partial charge in [0.25, 0.3) is 5.91 Å². The molecule has 5 nitrogen and oxygen atoms in total. The third-order valence-electron chi connectivity index (χ3n) is 5.64. The van der Waals surface area contributed by atoms with Gasteiger partial charge in [0, 0.05) is 48.0 Å². The molecule has 0 radical (unpaired) electrons. The van der Waals surface area contributed by atoms with E-state index >= 15 is 0 Å². The second-order valence-corrected chi connectivity index (χ2v) is 9.70. The van der Waals surface area contributed by atoms with E-state index in [9.17, 15) is 4.79 Å². The highest BCUT2D eigenvalue weighted by Crippen LogP contribution is 2.33. The first-order valence-corrected chi connectivity index (χ1v) is 12.1. The lowest BCUT2D eigenvalue weighted by molar-refractivity contribution is -0.113. The maximum Gasteiger partial charge on any atom is 0.286 e. The van der Waals surface area contributed by atoms with Gasteiger partial charge in [-0.05, 0) is 54.6 Å². The van der Waals surface area contributed by atoms with Gasteiger partial charge in [-0.15, -0.1) is 0 Å². The van der Waals surface area contributed by atoms with Crippen molar-refractivity contribution >= 4 is 50.5 Å². The first kappa shape index (κ1) is 21.1. The van der Waals surface area contributed by atoms with Crippen molar-refractivity contribution < 1.29 is 9.21 Å². The lowest BCUT2D eigenvalue weighted by Crippen LogP contribution is -2.48. The highest BCUT2D eigenvalue weighted by atomic mass is 79.9. The van der Waals surface area contributed by atoms with Gasteiger partial charge in [-0.25, -0.2) is 0 Å². The minimum atomic E-state index is -0.201. The predicted octanol–water partition coefficient (Wildman–Crippen LogP) is 5.81. The Hall–Kier alpha value is -2.77. The molecular formula is C25H22BrN3O2S. The molecule has 1 saturated heterocycles. The molecule has 0 atom stereocenters. The number of thioether (sulfide) groups is 1. The van der Waals surface area contributed by atoms with Gasteiger partial charge in [0.05, 0.1) is 4.91 Å². The number of carbonyl (C=O) groups is 1. The number of benzene rings is 2. The summed E-state index contributed by atoms with van der Waals surface area (Å²) in [6, 6.07) is 20.2. The van der Waals surface area contributed by atoms with Crippen molar-refractivity contribution in [2.24, 2.45) is 4.99 Å². The van der Waals surface area contributed by atoms with Crippen molar-refractivity contribution in [3.05, 3.63) is 81.4 Å². The molecule has 0 spiro atoms. The van der Waals surface area contributed by atoms with Crippen LogP contribution >= 0.6 is 27.7 Å². The summed E-state index contributed by atoms with van der Waals surface area (Å²) in [5, 5.41) is 0.783. The van der Waals surface area contributed by atoms with E-state index in [4.69, 9.17) is 4.42 Å². The molecule has 1 aromatic heterocycles. The Kier molecular flexibility index (Phi) is 5.93. The Bertz CT molecular complexity index is 1210. The zero-order valence-corrected chi connectivity index (χ0v) is 20.0. The molecule has 3 heterocycles. The van der Waals surface area contributed by atoms with Crippen LogP contribution in [0.4, 0.5) is 5.69 Å². The Morgan fingerprint density at radius 2 is 1.69 bits per heavy atom. The maximum absolute atomic E-state index is 12.5. The Balaban J connectivity index is 1.24. The fraction of sp³-hybridized carbons (Fsp3) is 0.200. The van der Waals surface area contributed by atoms with Crippen molar-refractivity contribution in [1.29, 1.82) is 0 Å². The standard InChI is InChI=1S/C25H22BrN3O2S/c1-17-4-2-3-5-21(17)28-12-14-29(15-13-28)25-27-24(30)23(32-25)16-20-10-11-22(31-20)18-6-8-19(26)9-7-18/h2-11,16H,12-15H2,1H3. The van der Waals surface area contributed by atoms with Gasteiger partial charge in [-0.2, -0.15) is 4.99 Å². The first-order chi connectivity index (χ1) is 15.6. The summed E-state index contributed by atoms with van der Waals surface area (Å²) >= 11 is 4.88. The Labute approximate surface area is 199 Å². The van der Waals surface area contributed by atoms with Crippen LogP contribution in [0.5, 0.6) is 0 Å². The molecule has 3 aromatic rings. The normalized spacial score (nSPS) is 17.9. The van der Waals surface area contributed by atoms with Crippen LogP contribution in [0.25, 0.3) is 17.4 Å². The Morgan fingerprint density at radius 3 is 2.44 bits per heavy atom. The number of aliphatic imine (C=N–C) groups is 1. The summed E-state index contributed by atoms with van der Waals surface area (Å²) in [7, 11) is 0. The minimum Gasteiger partial charge on any atom is -0.457 e. The van der Waals surface area contributed by atoms with Crippen LogP contribution in [-0.4, -0.2) is 42.2 Å². The number of furan rings is 1. The summed E-state index contributed by atoms with van der Waals surface area (Å²) < 4.78 is 6.97. The number of para-hydroxylation sites is 1. The summed E-state index contributed by atoms with van der Waals surface area (Å²) in [4.78, 5) is 22.0. The topological polar surface area (TPSA) is 49.0 Å². The highest BCUT2D eigenvalue weighted by molar-refractivity contribution is 9.10. The lowest BCUT2D eigenvalue weighted by atomic mass is 10.1. The van der Waals surface area contributed by atoms with Crippen molar-refractivity contribution in [3.8, 4) is 11.3 Å². The molecule has 0 saturated carbocycles. The van der Waals surface area contributed by atoms with Crippen molar-refractivity contribution in [3.63, 3.8) is 0 Å². The number of rotatable bonds is 3. The molecule has 2 aliphatic heterocycles. The molecule has 2 aliphatic rings. The molecule has 1 amide bonds. The second kappa shape index (κ2) is 9.00. The average molecular weight is 508 g/mol. The van der Waals surface area contributed by atoms with E-state index in [0.717, 1.165) is 47.1 Å². The van der Waals surface area contributed by atoms with Crippen molar-refractivity contribution in [1.82, 2.24) is 4.90 Å². The van der Waals surface area contributed by atoms with E-state index in [1.54, 1.807) is 6.08 Å².